The molecule has 0 fully saturated rings. The standard InChI is InChI=1S/C12H7Br2N3/c13-9-1-3-11(8(5-9)6-15)17-12-4-2-10(14)7-16-12/h1-5,7H,(H,16,17). The van der Waals surface area contributed by atoms with Crippen LogP contribution in [0.15, 0.2) is 45.5 Å². The second kappa shape index (κ2) is 5.30. The predicted molar refractivity (Wildman–Crippen MR) is 74.1 cm³/mol. The second-order valence-corrected chi connectivity index (χ2v) is 5.12. The van der Waals surface area contributed by atoms with E-state index in [1.54, 1.807) is 12.3 Å². The molecule has 0 amide bonds. The lowest BCUT2D eigenvalue weighted by Crippen LogP contribution is -1.95. The van der Waals surface area contributed by atoms with Crippen molar-refractivity contribution in [2.75, 3.05) is 5.32 Å². The van der Waals surface area contributed by atoms with Crippen molar-refractivity contribution >= 4 is 43.4 Å². The molecule has 3 nitrogen and oxygen atoms in total. The van der Waals surface area contributed by atoms with E-state index in [4.69, 9.17) is 5.26 Å². The van der Waals surface area contributed by atoms with Crippen molar-refractivity contribution in [2.45, 2.75) is 0 Å². The summed E-state index contributed by atoms with van der Waals surface area (Å²) in [6.45, 7) is 0. The van der Waals surface area contributed by atoms with Crippen molar-refractivity contribution in [3.63, 3.8) is 0 Å². The fraction of sp³-hybridized carbons (Fsp3) is 0. The molecular formula is C12H7Br2N3. The van der Waals surface area contributed by atoms with E-state index in [0.29, 0.717) is 11.4 Å². The minimum Gasteiger partial charge on any atom is -0.339 e. The molecule has 17 heavy (non-hydrogen) atoms. The van der Waals surface area contributed by atoms with Crippen LogP contribution in [-0.2, 0) is 0 Å². The molecule has 0 bridgehead atoms. The lowest BCUT2D eigenvalue weighted by atomic mass is 10.2. The summed E-state index contributed by atoms with van der Waals surface area (Å²) in [5, 5.41) is 12.1. The fourth-order valence-corrected chi connectivity index (χ4v) is 1.90. The van der Waals surface area contributed by atoms with Gasteiger partial charge in [0, 0.05) is 15.1 Å². The summed E-state index contributed by atoms with van der Waals surface area (Å²) in [6, 6.07) is 11.3. The Hall–Kier alpha value is -1.38. The fourth-order valence-electron chi connectivity index (χ4n) is 1.31. The summed E-state index contributed by atoms with van der Waals surface area (Å²) in [4.78, 5) is 4.19. The van der Waals surface area contributed by atoms with Gasteiger partial charge in [-0.15, -0.1) is 0 Å². The molecule has 0 unspecified atom stereocenters. The van der Waals surface area contributed by atoms with Crippen LogP contribution in [0.5, 0.6) is 0 Å². The molecule has 0 radical (unpaired) electrons. The zero-order valence-corrected chi connectivity index (χ0v) is 11.8. The number of benzene rings is 1. The Bertz CT molecular complexity index is 573. The smallest absolute Gasteiger partial charge is 0.130 e. The van der Waals surface area contributed by atoms with Crippen molar-refractivity contribution in [3.8, 4) is 6.07 Å². The Morgan fingerprint density at radius 3 is 2.53 bits per heavy atom. The summed E-state index contributed by atoms with van der Waals surface area (Å²) < 4.78 is 1.79. The van der Waals surface area contributed by atoms with Crippen LogP contribution in [0.3, 0.4) is 0 Å². The van der Waals surface area contributed by atoms with Crippen molar-refractivity contribution < 1.29 is 0 Å². The maximum absolute atomic E-state index is 9.03. The number of aromatic nitrogens is 1. The van der Waals surface area contributed by atoms with E-state index in [9.17, 15) is 0 Å². The quantitative estimate of drug-likeness (QED) is 0.880. The normalized spacial score (nSPS) is 9.71. The number of nitrogens with one attached hydrogen (secondary N) is 1. The van der Waals surface area contributed by atoms with Crippen molar-refractivity contribution in [1.82, 2.24) is 4.98 Å². The largest absolute Gasteiger partial charge is 0.339 e. The molecule has 0 atom stereocenters. The first kappa shape index (κ1) is 12.1. The number of rotatable bonds is 2. The van der Waals surface area contributed by atoms with Gasteiger partial charge >= 0.3 is 0 Å². The Morgan fingerprint density at radius 1 is 1.12 bits per heavy atom. The van der Waals surface area contributed by atoms with Crippen LogP contribution >= 0.6 is 31.9 Å². The molecule has 2 rings (SSSR count). The third kappa shape index (κ3) is 3.05. The number of hydrogen-bond acceptors (Lipinski definition) is 3. The topological polar surface area (TPSA) is 48.7 Å². The highest BCUT2D eigenvalue weighted by molar-refractivity contribution is 9.10. The van der Waals surface area contributed by atoms with E-state index in [-0.39, 0.29) is 0 Å². The Balaban J connectivity index is 2.30. The van der Waals surface area contributed by atoms with E-state index < -0.39 is 0 Å². The Morgan fingerprint density at radius 2 is 1.88 bits per heavy atom. The maximum atomic E-state index is 9.03. The van der Waals surface area contributed by atoms with Crippen LogP contribution in [0, 0.1) is 11.3 Å². The number of halogens is 2. The second-order valence-electron chi connectivity index (χ2n) is 3.29. The third-order valence-corrected chi connectivity index (χ3v) is 3.05. The number of pyridine rings is 1. The average molecular weight is 353 g/mol. The number of anilines is 2. The molecule has 0 saturated heterocycles. The number of nitriles is 1. The first-order chi connectivity index (χ1) is 8.19. The zero-order chi connectivity index (χ0) is 12.3. The van der Waals surface area contributed by atoms with Gasteiger partial charge in [-0.1, -0.05) is 15.9 Å². The summed E-state index contributed by atoms with van der Waals surface area (Å²) in [5.74, 6) is 0.701. The van der Waals surface area contributed by atoms with Gasteiger partial charge in [-0.05, 0) is 46.3 Å². The van der Waals surface area contributed by atoms with Gasteiger partial charge in [0.25, 0.3) is 0 Å². The van der Waals surface area contributed by atoms with Gasteiger partial charge in [0.1, 0.15) is 11.9 Å². The predicted octanol–water partition coefficient (Wildman–Crippen LogP) is 4.22. The molecule has 0 aliphatic carbocycles. The highest BCUT2D eigenvalue weighted by Gasteiger charge is 2.03. The van der Waals surface area contributed by atoms with Crippen molar-refractivity contribution in [2.24, 2.45) is 0 Å². The molecule has 84 valence electrons. The molecule has 1 aromatic heterocycles. The highest BCUT2D eigenvalue weighted by Crippen LogP contribution is 2.23. The summed E-state index contributed by atoms with van der Waals surface area (Å²) in [5.41, 5.74) is 1.31. The maximum Gasteiger partial charge on any atom is 0.130 e. The molecule has 5 heteroatoms. The molecule has 1 N–H and O–H groups in total. The Labute approximate surface area is 116 Å². The van der Waals surface area contributed by atoms with Crippen LogP contribution in [0.1, 0.15) is 5.56 Å². The molecule has 0 aliphatic rings. The monoisotopic (exact) mass is 351 g/mol. The number of nitrogens with zero attached hydrogens (tertiary/aromatic N) is 2. The van der Waals surface area contributed by atoms with Crippen LogP contribution in [-0.4, -0.2) is 4.98 Å². The van der Waals surface area contributed by atoms with Gasteiger partial charge in [-0.2, -0.15) is 5.26 Å². The van der Waals surface area contributed by atoms with E-state index in [0.717, 1.165) is 14.6 Å². The number of hydrogen-bond donors (Lipinski definition) is 1. The Kier molecular flexibility index (Phi) is 3.77. The van der Waals surface area contributed by atoms with Gasteiger partial charge in [0.2, 0.25) is 0 Å². The van der Waals surface area contributed by atoms with E-state index in [2.05, 4.69) is 48.2 Å². The summed E-state index contributed by atoms with van der Waals surface area (Å²) in [6.07, 6.45) is 1.70. The van der Waals surface area contributed by atoms with Gasteiger partial charge in [0.15, 0.2) is 0 Å². The van der Waals surface area contributed by atoms with Crippen LogP contribution < -0.4 is 5.32 Å². The highest BCUT2D eigenvalue weighted by atomic mass is 79.9. The molecule has 0 saturated carbocycles. The van der Waals surface area contributed by atoms with Gasteiger partial charge < -0.3 is 5.32 Å². The van der Waals surface area contributed by atoms with Gasteiger partial charge in [-0.25, -0.2) is 4.98 Å². The van der Waals surface area contributed by atoms with Crippen LogP contribution in [0.25, 0.3) is 0 Å². The third-order valence-electron chi connectivity index (χ3n) is 2.09. The SMILES string of the molecule is N#Cc1cc(Br)ccc1Nc1ccc(Br)cn1. The minimum absolute atomic E-state index is 0.573. The minimum atomic E-state index is 0.573. The first-order valence-corrected chi connectivity index (χ1v) is 6.36. The summed E-state index contributed by atoms with van der Waals surface area (Å²) >= 11 is 6.65. The molecule has 2 aromatic rings. The van der Waals surface area contributed by atoms with Gasteiger partial charge in [0.05, 0.1) is 11.3 Å². The zero-order valence-electron chi connectivity index (χ0n) is 8.61. The van der Waals surface area contributed by atoms with E-state index in [1.165, 1.54) is 0 Å². The molecule has 1 heterocycles. The summed E-state index contributed by atoms with van der Waals surface area (Å²) in [7, 11) is 0. The average Bonchev–Trinajstić information content (AvgIpc) is 2.34. The first-order valence-electron chi connectivity index (χ1n) is 4.77. The van der Waals surface area contributed by atoms with E-state index >= 15 is 0 Å². The van der Waals surface area contributed by atoms with E-state index in [1.807, 2.05) is 24.3 Å². The molecule has 0 spiro atoms. The lowest BCUT2D eigenvalue weighted by molar-refractivity contribution is 1.29. The lowest BCUT2D eigenvalue weighted by Gasteiger charge is -2.07. The van der Waals surface area contributed by atoms with Crippen LogP contribution in [0.4, 0.5) is 11.5 Å². The molecule has 1 aromatic carbocycles. The van der Waals surface area contributed by atoms with Crippen molar-refractivity contribution in [1.29, 1.82) is 5.26 Å². The molecular weight excluding hydrogens is 346 g/mol. The van der Waals surface area contributed by atoms with Crippen LogP contribution in [0.2, 0.25) is 0 Å². The van der Waals surface area contributed by atoms with Gasteiger partial charge in [-0.3, -0.25) is 0 Å². The molecule has 0 aliphatic heterocycles. The van der Waals surface area contributed by atoms with Crippen molar-refractivity contribution in [3.05, 3.63) is 51.0 Å².